The van der Waals surface area contributed by atoms with Crippen molar-refractivity contribution in [1.29, 1.82) is 0 Å². The fourth-order valence-corrected chi connectivity index (χ4v) is 2.68. The van der Waals surface area contributed by atoms with E-state index in [9.17, 15) is 0 Å². The van der Waals surface area contributed by atoms with Gasteiger partial charge < -0.3 is 14.6 Å². The molecule has 1 aromatic carbocycles. The molecule has 4 nitrogen and oxygen atoms in total. The summed E-state index contributed by atoms with van der Waals surface area (Å²) in [6, 6.07) is 6.56. The normalized spacial score (nSPS) is 15.1. The van der Waals surface area contributed by atoms with Crippen LogP contribution >= 0.6 is 0 Å². The smallest absolute Gasteiger partial charge is 0.130 e. The third-order valence-electron chi connectivity index (χ3n) is 3.68. The standard InChI is InChI=1S/C15H19N3O/c1-3-18-8-7-17-15(18)14(16-2)12-4-5-13-11(10-12)6-9-19-13/h4-5,7-8,10,14,16H,3,6,9H2,1-2H3. The summed E-state index contributed by atoms with van der Waals surface area (Å²) < 4.78 is 7.73. The number of nitrogens with zero attached hydrogens (tertiary/aromatic N) is 2. The number of imidazole rings is 1. The van der Waals surface area contributed by atoms with Gasteiger partial charge in [0.2, 0.25) is 0 Å². The summed E-state index contributed by atoms with van der Waals surface area (Å²) in [6.07, 6.45) is 4.89. The van der Waals surface area contributed by atoms with E-state index in [0.717, 1.165) is 31.1 Å². The molecule has 3 rings (SSSR count). The highest BCUT2D eigenvalue weighted by Gasteiger charge is 2.20. The Hall–Kier alpha value is -1.81. The van der Waals surface area contributed by atoms with Crippen LogP contribution in [0, 0.1) is 0 Å². The zero-order valence-corrected chi connectivity index (χ0v) is 11.4. The summed E-state index contributed by atoms with van der Waals surface area (Å²) >= 11 is 0. The van der Waals surface area contributed by atoms with Crippen molar-refractivity contribution in [2.75, 3.05) is 13.7 Å². The molecule has 0 bridgehead atoms. The average molecular weight is 257 g/mol. The van der Waals surface area contributed by atoms with E-state index >= 15 is 0 Å². The van der Waals surface area contributed by atoms with Crippen LogP contribution in [0.5, 0.6) is 5.75 Å². The third-order valence-corrected chi connectivity index (χ3v) is 3.68. The predicted octanol–water partition coefficient (Wildman–Crippen LogP) is 2.15. The minimum atomic E-state index is 0.126. The topological polar surface area (TPSA) is 39.1 Å². The molecule has 0 radical (unpaired) electrons. The lowest BCUT2D eigenvalue weighted by Crippen LogP contribution is -2.21. The first kappa shape index (κ1) is 12.2. The first-order valence-corrected chi connectivity index (χ1v) is 6.77. The van der Waals surface area contributed by atoms with Gasteiger partial charge in [-0.25, -0.2) is 4.98 Å². The van der Waals surface area contributed by atoms with Gasteiger partial charge in [0.1, 0.15) is 11.6 Å². The molecule has 2 aromatic rings. The molecule has 1 atom stereocenters. The van der Waals surface area contributed by atoms with Gasteiger partial charge in [-0.15, -0.1) is 0 Å². The number of hydrogen-bond acceptors (Lipinski definition) is 3. The number of benzene rings is 1. The zero-order chi connectivity index (χ0) is 13.2. The van der Waals surface area contributed by atoms with Gasteiger partial charge in [-0.2, -0.15) is 0 Å². The summed E-state index contributed by atoms with van der Waals surface area (Å²) in [7, 11) is 1.98. The fraction of sp³-hybridized carbons (Fsp3) is 0.400. The minimum absolute atomic E-state index is 0.126. The Morgan fingerprint density at radius 2 is 2.37 bits per heavy atom. The van der Waals surface area contributed by atoms with Crippen LogP contribution in [-0.4, -0.2) is 23.2 Å². The number of aromatic nitrogens is 2. The molecule has 1 aliphatic rings. The van der Waals surface area contributed by atoms with E-state index in [4.69, 9.17) is 4.74 Å². The number of aryl methyl sites for hydroxylation is 1. The van der Waals surface area contributed by atoms with Gasteiger partial charge in [0.05, 0.1) is 12.6 Å². The Morgan fingerprint density at radius 3 is 3.16 bits per heavy atom. The maximum Gasteiger partial charge on any atom is 0.130 e. The Morgan fingerprint density at radius 1 is 1.47 bits per heavy atom. The Balaban J connectivity index is 1.98. The van der Waals surface area contributed by atoms with Crippen molar-refractivity contribution in [3.05, 3.63) is 47.5 Å². The molecule has 2 heterocycles. The van der Waals surface area contributed by atoms with Crippen molar-refractivity contribution in [1.82, 2.24) is 14.9 Å². The van der Waals surface area contributed by atoms with E-state index in [2.05, 4.69) is 40.0 Å². The van der Waals surface area contributed by atoms with Gasteiger partial charge in [0, 0.05) is 25.4 Å². The predicted molar refractivity (Wildman–Crippen MR) is 74.4 cm³/mol. The maximum atomic E-state index is 5.56. The Bertz CT molecular complexity index is 577. The average Bonchev–Trinajstić information content (AvgIpc) is 3.07. The van der Waals surface area contributed by atoms with E-state index in [0.29, 0.717) is 0 Å². The first-order valence-electron chi connectivity index (χ1n) is 6.77. The number of nitrogens with one attached hydrogen (secondary N) is 1. The van der Waals surface area contributed by atoms with Crippen LogP contribution in [-0.2, 0) is 13.0 Å². The number of ether oxygens (including phenoxy) is 1. The molecule has 1 aromatic heterocycles. The van der Waals surface area contributed by atoms with Gasteiger partial charge in [-0.1, -0.05) is 6.07 Å². The first-order chi connectivity index (χ1) is 9.33. The molecule has 0 saturated carbocycles. The molecule has 0 saturated heterocycles. The maximum absolute atomic E-state index is 5.56. The monoisotopic (exact) mass is 257 g/mol. The highest BCUT2D eigenvalue weighted by atomic mass is 16.5. The number of rotatable bonds is 4. The van der Waals surface area contributed by atoms with Crippen LogP contribution in [0.4, 0.5) is 0 Å². The SMILES string of the molecule is CCn1ccnc1C(NC)c1ccc2c(c1)CCO2. The lowest BCUT2D eigenvalue weighted by atomic mass is 10.0. The Kier molecular flexibility index (Phi) is 3.25. The van der Waals surface area contributed by atoms with Crippen LogP contribution in [0.15, 0.2) is 30.6 Å². The minimum Gasteiger partial charge on any atom is -0.493 e. The van der Waals surface area contributed by atoms with Crippen LogP contribution < -0.4 is 10.1 Å². The Labute approximate surface area is 113 Å². The molecule has 4 heteroatoms. The third kappa shape index (κ3) is 2.12. The second-order valence-electron chi connectivity index (χ2n) is 4.76. The second kappa shape index (κ2) is 5.05. The second-order valence-corrected chi connectivity index (χ2v) is 4.76. The van der Waals surface area contributed by atoms with Crippen LogP contribution in [0.2, 0.25) is 0 Å². The largest absolute Gasteiger partial charge is 0.493 e. The molecule has 1 N–H and O–H groups in total. The van der Waals surface area contributed by atoms with Crippen LogP contribution in [0.1, 0.15) is 29.9 Å². The molecule has 19 heavy (non-hydrogen) atoms. The van der Waals surface area contributed by atoms with Crippen molar-refractivity contribution in [3.8, 4) is 5.75 Å². The van der Waals surface area contributed by atoms with Crippen LogP contribution in [0.25, 0.3) is 0 Å². The van der Waals surface area contributed by atoms with Crippen molar-refractivity contribution in [2.24, 2.45) is 0 Å². The highest BCUT2D eigenvalue weighted by molar-refractivity contribution is 5.42. The van der Waals surface area contributed by atoms with Gasteiger partial charge >= 0.3 is 0 Å². The van der Waals surface area contributed by atoms with Crippen LogP contribution in [0.3, 0.4) is 0 Å². The lowest BCUT2D eigenvalue weighted by molar-refractivity contribution is 0.357. The molecule has 100 valence electrons. The molecule has 0 amide bonds. The summed E-state index contributed by atoms with van der Waals surface area (Å²) in [5, 5.41) is 3.36. The van der Waals surface area contributed by atoms with Gasteiger partial charge in [0.15, 0.2) is 0 Å². The van der Waals surface area contributed by atoms with Crippen molar-refractivity contribution >= 4 is 0 Å². The zero-order valence-electron chi connectivity index (χ0n) is 11.4. The number of fused-ring (bicyclic) bond motifs is 1. The molecule has 1 aliphatic heterocycles. The van der Waals surface area contributed by atoms with Gasteiger partial charge in [-0.3, -0.25) is 0 Å². The lowest BCUT2D eigenvalue weighted by Gasteiger charge is -2.18. The summed E-state index contributed by atoms with van der Waals surface area (Å²) in [5.41, 5.74) is 2.54. The summed E-state index contributed by atoms with van der Waals surface area (Å²) in [4.78, 5) is 4.50. The van der Waals surface area contributed by atoms with E-state index in [-0.39, 0.29) is 6.04 Å². The van der Waals surface area contributed by atoms with E-state index < -0.39 is 0 Å². The number of hydrogen-bond donors (Lipinski definition) is 1. The quantitative estimate of drug-likeness (QED) is 0.912. The molecular formula is C15H19N3O. The van der Waals surface area contributed by atoms with E-state index in [1.165, 1.54) is 11.1 Å². The van der Waals surface area contributed by atoms with E-state index in [1.54, 1.807) is 0 Å². The summed E-state index contributed by atoms with van der Waals surface area (Å²) in [5.74, 6) is 2.08. The molecule has 1 unspecified atom stereocenters. The van der Waals surface area contributed by atoms with Gasteiger partial charge in [-0.05, 0) is 37.2 Å². The molecule has 0 fully saturated rings. The summed E-state index contributed by atoms with van der Waals surface area (Å²) in [6.45, 7) is 3.86. The fourth-order valence-electron chi connectivity index (χ4n) is 2.68. The van der Waals surface area contributed by atoms with Crippen molar-refractivity contribution in [2.45, 2.75) is 25.9 Å². The molecular weight excluding hydrogens is 238 g/mol. The van der Waals surface area contributed by atoms with Crippen molar-refractivity contribution in [3.63, 3.8) is 0 Å². The molecule has 0 spiro atoms. The molecule has 0 aliphatic carbocycles. The highest BCUT2D eigenvalue weighted by Crippen LogP contribution is 2.30. The van der Waals surface area contributed by atoms with Crippen molar-refractivity contribution < 1.29 is 4.74 Å². The van der Waals surface area contributed by atoms with Gasteiger partial charge in [0.25, 0.3) is 0 Å². The van der Waals surface area contributed by atoms with E-state index in [1.807, 2.05) is 19.4 Å².